The molecule has 2 heterocycles. The van der Waals surface area contributed by atoms with Crippen molar-refractivity contribution in [2.45, 2.75) is 38.8 Å². The minimum absolute atomic E-state index is 0.126. The van der Waals surface area contributed by atoms with Crippen molar-refractivity contribution in [2.75, 3.05) is 19.7 Å². The fourth-order valence-electron chi connectivity index (χ4n) is 5.53. The summed E-state index contributed by atoms with van der Waals surface area (Å²) in [6.45, 7) is 4.35. The first-order chi connectivity index (χ1) is 18.6. The molecule has 1 atom stereocenters. The molecule has 0 radical (unpaired) electrons. The lowest BCUT2D eigenvalue weighted by atomic mass is 9.96. The molecule has 4 aromatic rings. The fourth-order valence-corrected chi connectivity index (χ4v) is 5.53. The molecule has 1 aromatic heterocycles. The van der Waals surface area contributed by atoms with Gasteiger partial charge in [0.15, 0.2) is 0 Å². The number of hydrogen-bond acceptors (Lipinski definition) is 4. The monoisotopic (exact) mass is 509 g/mol. The number of hydrogen-bond donors (Lipinski definition) is 2. The van der Waals surface area contributed by atoms with E-state index in [0.717, 1.165) is 43.6 Å². The van der Waals surface area contributed by atoms with Crippen LogP contribution in [0.5, 0.6) is 0 Å². The van der Waals surface area contributed by atoms with Crippen LogP contribution in [0, 0.1) is 5.92 Å². The predicted octanol–water partition coefficient (Wildman–Crippen LogP) is 5.08. The van der Waals surface area contributed by atoms with Crippen molar-refractivity contribution in [3.63, 3.8) is 0 Å². The van der Waals surface area contributed by atoms with Crippen molar-refractivity contribution in [1.29, 1.82) is 0 Å². The summed E-state index contributed by atoms with van der Waals surface area (Å²) in [4.78, 5) is 30.4. The fraction of sp³-hybridized carbons (Fsp3) is 0.312. The van der Waals surface area contributed by atoms with E-state index in [2.05, 4.69) is 17.1 Å². The SMILES string of the molecule is CC[C@H](NC(=O)c1c(CN2CCC(CO)CC2)n(-c2ccccc2)c(=O)c2ccccc12)c1ccccc1. The highest BCUT2D eigenvalue weighted by atomic mass is 16.3. The molecule has 0 spiro atoms. The molecule has 0 saturated carbocycles. The van der Waals surface area contributed by atoms with Gasteiger partial charge < -0.3 is 10.4 Å². The Balaban J connectivity index is 1.66. The first-order valence-electron chi connectivity index (χ1n) is 13.5. The van der Waals surface area contributed by atoms with E-state index in [9.17, 15) is 14.7 Å². The lowest BCUT2D eigenvalue weighted by molar-refractivity contribution is 0.0931. The van der Waals surface area contributed by atoms with Gasteiger partial charge in [-0.3, -0.25) is 19.1 Å². The van der Waals surface area contributed by atoms with Crippen LogP contribution in [0.25, 0.3) is 16.5 Å². The molecule has 1 aliphatic rings. The van der Waals surface area contributed by atoms with E-state index in [1.807, 2.05) is 78.9 Å². The topological polar surface area (TPSA) is 74.6 Å². The van der Waals surface area contributed by atoms with E-state index in [1.165, 1.54) is 0 Å². The summed E-state index contributed by atoms with van der Waals surface area (Å²) in [5, 5.41) is 14.1. The number of carbonyl (C=O) groups excluding carboxylic acids is 1. The van der Waals surface area contributed by atoms with Crippen LogP contribution < -0.4 is 10.9 Å². The van der Waals surface area contributed by atoms with Crippen LogP contribution in [-0.4, -0.2) is 40.2 Å². The van der Waals surface area contributed by atoms with Crippen molar-refractivity contribution in [3.8, 4) is 5.69 Å². The Bertz CT molecular complexity index is 1440. The molecule has 0 bridgehead atoms. The highest BCUT2D eigenvalue weighted by molar-refractivity contribution is 6.08. The van der Waals surface area contributed by atoms with Gasteiger partial charge in [0.1, 0.15) is 0 Å². The molecule has 0 aliphatic carbocycles. The lowest BCUT2D eigenvalue weighted by Gasteiger charge is -2.32. The summed E-state index contributed by atoms with van der Waals surface area (Å²) < 4.78 is 1.72. The highest BCUT2D eigenvalue weighted by Crippen LogP contribution is 2.27. The smallest absolute Gasteiger partial charge is 0.263 e. The van der Waals surface area contributed by atoms with Gasteiger partial charge in [-0.15, -0.1) is 0 Å². The molecule has 1 fully saturated rings. The third kappa shape index (κ3) is 5.28. The van der Waals surface area contributed by atoms with Gasteiger partial charge in [-0.05, 0) is 62.0 Å². The van der Waals surface area contributed by atoms with Gasteiger partial charge >= 0.3 is 0 Å². The molecule has 5 rings (SSSR count). The number of pyridine rings is 1. The van der Waals surface area contributed by atoms with E-state index < -0.39 is 0 Å². The van der Waals surface area contributed by atoms with Gasteiger partial charge in [-0.2, -0.15) is 0 Å². The number of aliphatic hydroxyl groups is 1. The summed E-state index contributed by atoms with van der Waals surface area (Å²) in [7, 11) is 0. The Morgan fingerprint density at radius 1 is 0.921 bits per heavy atom. The Morgan fingerprint density at radius 3 is 2.16 bits per heavy atom. The summed E-state index contributed by atoms with van der Waals surface area (Å²) in [5.41, 5.74) is 2.91. The van der Waals surface area contributed by atoms with Crippen LogP contribution in [0.3, 0.4) is 0 Å². The third-order valence-electron chi connectivity index (χ3n) is 7.68. The van der Waals surface area contributed by atoms with Crippen LogP contribution >= 0.6 is 0 Å². The highest BCUT2D eigenvalue weighted by Gasteiger charge is 2.27. The van der Waals surface area contributed by atoms with Gasteiger partial charge in [0.25, 0.3) is 11.5 Å². The van der Waals surface area contributed by atoms with Crippen molar-refractivity contribution < 1.29 is 9.90 Å². The number of rotatable bonds is 8. The molecule has 1 aliphatic heterocycles. The zero-order valence-electron chi connectivity index (χ0n) is 21.8. The molecule has 1 amide bonds. The number of piperidine rings is 1. The van der Waals surface area contributed by atoms with Crippen LogP contribution in [0.4, 0.5) is 0 Å². The summed E-state index contributed by atoms with van der Waals surface area (Å²) in [6, 6.07) is 26.9. The number of carbonyl (C=O) groups is 1. The summed E-state index contributed by atoms with van der Waals surface area (Å²) in [6.07, 6.45) is 2.54. The number of para-hydroxylation sites is 1. The molecular formula is C32H35N3O3. The molecular weight excluding hydrogens is 474 g/mol. The zero-order chi connectivity index (χ0) is 26.5. The molecule has 6 nitrogen and oxygen atoms in total. The van der Waals surface area contributed by atoms with E-state index in [-0.39, 0.29) is 24.1 Å². The van der Waals surface area contributed by atoms with Crippen molar-refractivity contribution >= 4 is 16.7 Å². The second-order valence-electron chi connectivity index (χ2n) is 10.1. The van der Waals surface area contributed by atoms with Crippen LogP contribution in [-0.2, 0) is 6.54 Å². The van der Waals surface area contributed by atoms with E-state index in [4.69, 9.17) is 0 Å². The second kappa shape index (κ2) is 11.8. The zero-order valence-corrected chi connectivity index (χ0v) is 21.8. The number of nitrogens with zero attached hydrogens (tertiary/aromatic N) is 2. The normalized spacial score (nSPS) is 15.4. The van der Waals surface area contributed by atoms with E-state index in [0.29, 0.717) is 34.5 Å². The lowest BCUT2D eigenvalue weighted by Crippen LogP contribution is -2.38. The second-order valence-corrected chi connectivity index (χ2v) is 10.1. The first kappa shape index (κ1) is 25.9. The van der Waals surface area contributed by atoms with Crippen molar-refractivity contribution in [1.82, 2.24) is 14.8 Å². The molecule has 3 aromatic carbocycles. The van der Waals surface area contributed by atoms with Gasteiger partial charge in [-0.1, -0.05) is 73.7 Å². The molecule has 6 heteroatoms. The number of aromatic nitrogens is 1. The number of nitrogens with one attached hydrogen (secondary N) is 1. The van der Waals surface area contributed by atoms with Gasteiger partial charge in [0.2, 0.25) is 0 Å². The standard InChI is InChI=1S/C32H35N3O3/c1-2-28(24-11-5-3-6-12-24)33-31(37)30-26-15-9-10-16-27(26)32(38)35(25-13-7-4-8-14-25)29(30)21-34-19-17-23(22-36)18-20-34/h3-16,23,28,36H,2,17-22H2,1H3,(H,33,37)/t28-/m0/s1. The average Bonchev–Trinajstić information content (AvgIpc) is 2.97. The van der Waals surface area contributed by atoms with Crippen LogP contribution in [0.15, 0.2) is 89.7 Å². The minimum atomic E-state index is -0.179. The third-order valence-corrected chi connectivity index (χ3v) is 7.68. The van der Waals surface area contributed by atoms with Crippen LogP contribution in [0.1, 0.15) is 53.8 Å². The minimum Gasteiger partial charge on any atom is -0.396 e. The van der Waals surface area contributed by atoms with Gasteiger partial charge in [0, 0.05) is 29.6 Å². The average molecular weight is 510 g/mol. The molecule has 1 saturated heterocycles. The van der Waals surface area contributed by atoms with Crippen molar-refractivity contribution in [2.24, 2.45) is 5.92 Å². The molecule has 38 heavy (non-hydrogen) atoms. The number of benzene rings is 3. The summed E-state index contributed by atoms with van der Waals surface area (Å²) >= 11 is 0. The number of amides is 1. The summed E-state index contributed by atoms with van der Waals surface area (Å²) in [5.74, 6) is 0.125. The van der Waals surface area contributed by atoms with Gasteiger partial charge in [-0.25, -0.2) is 0 Å². The maximum Gasteiger partial charge on any atom is 0.263 e. The van der Waals surface area contributed by atoms with Crippen LogP contribution in [0.2, 0.25) is 0 Å². The molecule has 0 unspecified atom stereocenters. The molecule has 2 N–H and O–H groups in total. The maximum atomic E-state index is 14.2. The van der Waals surface area contributed by atoms with Crippen molar-refractivity contribution in [3.05, 3.63) is 112 Å². The maximum absolute atomic E-state index is 14.2. The first-order valence-corrected chi connectivity index (χ1v) is 13.5. The number of likely N-dealkylation sites (tertiary alicyclic amines) is 1. The Hall–Kier alpha value is -3.74. The number of aliphatic hydroxyl groups excluding tert-OH is 1. The molecule has 196 valence electrons. The Kier molecular flexibility index (Phi) is 8.01. The predicted molar refractivity (Wildman–Crippen MR) is 152 cm³/mol. The van der Waals surface area contributed by atoms with E-state index >= 15 is 0 Å². The Labute approximate surface area is 223 Å². The number of fused-ring (bicyclic) bond motifs is 1. The largest absolute Gasteiger partial charge is 0.396 e. The Morgan fingerprint density at radius 2 is 1.53 bits per heavy atom. The van der Waals surface area contributed by atoms with Gasteiger partial charge in [0.05, 0.1) is 17.3 Å². The quantitative estimate of drug-likeness (QED) is 0.348. The van der Waals surface area contributed by atoms with E-state index in [1.54, 1.807) is 10.6 Å².